The van der Waals surface area contributed by atoms with Crippen molar-refractivity contribution >= 4 is 28.6 Å². The Morgan fingerprint density at radius 3 is 2.12 bits per heavy atom. The van der Waals surface area contributed by atoms with Gasteiger partial charge in [-0.2, -0.15) is 0 Å². The van der Waals surface area contributed by atoms with Gasteiger partial charge < -0.3 is 9.84 Å². The minimum absolute atomic E-state index is 0.0954. The average molecular weight is 359 g/mol. The van der Waals surface area contributed by atoms with Crippen LogP contribution in [0.1, 0.15) is 24.8 Å². The molecule has 0 saturated carbocycles. The van der Waals surface area contributed by atoms with Crippen molar-refractivity contribution in [3.05, 3.63) is 65.7 Å². The largest absolute Gasteiger partial charge is 0.478 e. The molecule has 0 saturated heterocycles. The Balaban J connectivity index is 2.19. The Kier molecular flexibility index (Phi) is 6.78. The van der Waals surface area contributed by atoms with Gasteiger partial charge in [-0.05, 0) is 29.5 Å². The van der Waals surface area contributed by atoms with E-state index in [1.54, 1.807) is 12.1 Å². The maximum atomic E-state index is 11.5. The van der Waals surface area contributed by atoms with E-state index in [0.29, 0.717) is 12.0 Å². The molecular weight excluding hydrogens is 340 g/mol. The Labute approximate surface area is 151 Å². The van der Waals surface area contributed by atoms with E-state index >= 15 is 0 Å². The number of carbonyl (C=O) groups is 2. The van der Waals surface area contributed by atoms with Crippen molar-refractivity contribution in [1.29, 1.82) is 0 Å². The number of ether oxygens (including phenoxy) is 1. The number of halogens is 1. The molecule has 0 atom stereocenters. The van der Waals surface area contributed by atoms with Gasteiger partial charge in [0.2, 0.25) is 0 Å². The number of esters is 1. The first-order valence-electron chi connectivity index (χ1n) is 7.87. The maximum absolute atomic E-state index is 11.5. The number of carboxylic acid groups (broad SMARTS) is 1. The molecule has 0 unspecified atom stereocenters. The molecule has 2 aromatic carbocycles. The summed E-state index contributed by atoms with van der Waals surface area (Å²) in [6, 6.07) is 17.3. The van der Waals surface area contributed by atoms with Crippen molar-refractivity contribution in [2.75, 3.05) is 7.11 Å². The van der Waals surface area contributed by atoms with Crippen molar-refractivity contribution in [1.82, 2.24) is 0 Å². The first-order valence-corrected chi connectivity index (χ1v) is 8.25. The minimum atomic E-state index is -1.08. The van der Waals surface area contributed by atoms with Gasteiger partial charge in [0.15, 0.2) is 0 Å². The molecule has 130 valence electrons. The van der Waals surface area contributed by atoms with Crippen LogP contribution in [0.2, 0.25) is 0 Å². The molecule has 0 aromatic heterocycles. The zero-order chi connectivity index (χ0) is 18.2. The fourth-order valence-corrected chi connectivity index (χ4v) is 2.74. The van der Waals surface area contributed by atoms with E-state index in [-0.39, 0.29) is 29.4 Å². The zero-order valence-electron chi connectivity index (χ0n) is 13.9. The summed E-state index contributed by atoms with van der Waals surface area (Å²) >= 11 is 6.30. The molecule has 0 aliphatic heterocycles. The number of hydrogen-bond donors (Lipinski definition) is 1. The quantitative estimate of drug-likeness (QED) is 0.574. The highest BCUT2D eigenvalue weighted by atomic mass is 35.5. The van der Waals surface area contributed by atoms with Crippen molar-refractivity contribution in [2.45, 2.75) is 19.3 Å². The zero-order valence-corrected chi connectivity index (χ0v) is 14.6. The lowest BCUT2D eigenvalue weighted by molar-refractivity contribution is -0.141. The summed E-state index contributed by atoms with van der Waals surface area (Å²) < 4.78 is 4.56. The molecule has 0 spiro atoms. The van der Waals surface area contributed by atoms with E-state index in [9.17, 15) is 14.7 Å². The summed E-state index contributed by atoms with van der Waals surface area (Å²) in [5.41, 5.74) is 2.83. The molecule has 0 radical (unpaired) electrons. The summed E-state index contributed by atoms with van der Waals surface area (Å²) in [7, 11) is 1.30. The Bertz CT molecular complexity index is 764. The molecule has 2 aromatic rings. The second-order valence-electron chi connectivity index (χ2n) is 5.47. The second kappa shape index (κ2) is 9.04. The first-order chi connectivity index (χ1) is 12.0. The average Bonchev–Trinajstić information content (AvgIpc) is 2.65. The van der Waals surface area contributed by atoms with Crippen LogP contribution in [-0.4, -0.2) is 24.2 Å². The topological polar surface area (TPSA) is 63.6 Å². The summed E-state index contributed by atoms with van der Waals surface area (Å²) in [6.45, 7) is 0. The number of methoxy groups -OCH3 is 1. The molecule has 0 aliphatic carbocycles. The van der Waals surface area contributed by atoms with Crippen LogP contribution in [0.25, 0.3) is 16.2 Å². The van der Waals surface area contributed by atoms with Gasteiger partial charge in [-0.1, -0.05) is 66.2 Å². The molecule has 0 amide bonds. The van der Waals surface area contributed by atoms with Gasteiger partial charge in [0.25, 0.3) is 0 Å². The van der Waals surface area contributed by atoms with Gasteiger partial charge in [-0.3, -0.25) is 4.79 Å². The molecule has 4 nitrogen and oxygen atoms in total. The highest BCUT2D eigenvalue weighted by Gasteiger charge is 2.15. The molecule has 0 fully saturated rings. The van der Waals surface area contributed by atoms with Crippen LogP contribution >= 0.6 is 11.6 Å². The van der Waals surface area contributed by atoms with Gasteiger partial charge in [0, 0.05) is 6.42 Å². The van der Waals surface area contributed by atoms with Gasteiger partial charge in [-0.25, -0.2) is 4.79 Å². The Morgan fingerprint density at radius 1 is 0.960 bits per heavy atom. The molecule has 2 rings (SSSR count). The predicted octanol–water partition coefficient (Wildman–Crippen LogP) is 4.73. The normalized spacial score (nSPS) is 11.6. The van der Waals surface area contributed by atoms with Crippen LogP contribution < -0.4 is 0 Å². The molecule has 0 aliphatic rings. The maximum Gasteiger partial charge on any atom is 0.333 e. The molecular formula is C20H19ClO4. The first kappa shape index (κ1) is 18.7. The van der Waals surface area contributed by atoms with E-state index < -0.39 is 5.97 Å². The van der Waals surface area contributed by atoms with E-state index in [1.165, 1.54) is 7.11 Å². The van der Waals surface area contributed by atoms with Crippen molar-refractivity contribution < 1.29 is 19.4 Å². The standard InChI is InChI=1S/C20H19ClO4/c1-25-18(22)9-5-8-17(20(23)24)19(21)16-12-10-15(11-13-16)14-6-3-2-4-7-14/h2-4,6-7,10-13H,5,8-9H2,1H3,(H,23,24)/b19-17+. The Morgan fingerprint density at radius 2 is 1.56 bits per heavy atom. The van der Waals surface area contributed by atoms with E-state index in [1.807, 2.05) is 42.5 Å². The third kappa shape index (κ3) is 5.19. The fraction of sp³-hybridized carbons (Fsp3) is 0.200. The van der Waals surface area contributed by atoms with Crippen LogP contribution in [0.4, 0.5) is 0 Å². The summed E-state index contributed by atoms with van der Waals surface area (Å²) in [4.78, 5) is 22.6. The smallest absolute Gasteiger partial charge is 0.333 e. The highest BCUT2D eigenvalue weighted by molar-refractivity contribution is 6.50. The number of rotatable bonds is 7. The molecule has 25 heavy (non-hydrogen) atoms. The van der Waals surface area contributed by atoms with Crippen LogP contribution in [0, 0.1) is 0 Å². The number of benzene rings is 2. The van der Waals surface area contributed by atoms with E-state index in [0.717, 1.165) is 11.1 Å². The molecule has 0 bridgehead atoms. The number of carbonyl (C=O) groups excluding carboxylic acids is 1. The predicted molar refractivity (Wildman–Crippen MR) is 98.2 cm³/mol. The molecule has 0 heterocycles. The van der Waals surface area contributed by atoms with Crippen molar-refractivity contribution in [3.63, 3.8) is 0 Å². The van der Waals surface area contributed by atoms with Crippen LogP contribution in [0.5, 0.6) is 0 Å². The SMILES string of the molecule is COC(=O)CCC/C(C(=O)O)=C(\Cl)c1ccc(-c2ccccc2)cc1. The van der Waals surface area contributed by atoms with Gasteiger partial charge >= 0.3 is 11.9 Å². The number of carboxylic acids is 1. The number of aliphatic carboxylic acids is 1. The van der Waals surface area contributed by atoms with Crippen molar-refractivity contribution in [2.24, 2.45) is 0 Å². The summed E-state index contributed by atoms with van der Waals surface area (Å²) in [5.74, 6) is -1.45. The summed E-state index contributed by atoms with van der Waals surface area (Å²) in [5, 5.41) is 9.59. The lowest BCUT2D eigenvalue weighted by Crippen LogP contribution is -2.05. The number of hydrogen-bond acceptors (Lipinski definition) is 3. The molecule has 5 heteroatoms. The molecule has 1 N–H and O–H groups in total. The van der Waals surface area contributed by atoms with E-state index in [4.69, 9.17) is 11.6 Å². The monoisotopic (exact) mass is 358 g/mol. The fourth-order valence-electron chi connectivity index (χ4n) is 2.44. The third-order valence-corrected chi connectivity index (χ3v) is 4.25. The third-order valence-electron chi connectivity index (χ3n) is 3.80. The van der Waals surface area contributed by atoms with Gasteiger partial charge in [0.1, 0.15) is 0 Å². The van der Waals surface area contributed by atoms with E-state index in [2.05, 4.69) is 4.74 Å². The van der Waals surface area contributed by atoms with Crippen LogP contribution in [-0.2, 0) is 14.3 Å². The second-order valence-corrected chi connectivity index (χ2v) is 5.85. The lowest BCUT2D eigenvalue weighted by Gasteiger charge is -2.08. The van der Waals surface area contributed by atoms with Crippen LogP contribution in [0.3, 0.4) is 0 Å². The highest BCUT2D eigenvalue weighted by Crippen LogP contribution is 2.29. The van der Waals surface area contributed by atoms with Gasteiger partial charge in [-0.15, -0.1) is 0 Å². The minimum Gasteiger partial charge on any atom is -0.478 e. The summed E-state index contributed by atoms with van der Waals surface area (Å²) in [6.07, 6.45) is 0.723. The lowest BCUT2D eigenvalue weighted by atomic mass is 10.0. The Hall–Kier alpha value is -2.59. The van der Waals surface area contributed by atoms with Crippen LogP contribution in [0.15, 0.2) is 60.2 Å². The van der Waals surface area contributed by atoms with Gasteiger partial charge in [0.05, 0.1) is 17.7 Å². The van der Waals surface area contributed by atoms with Crippen molar-refractivity contribution in [3.8, 4) is 11.1 Å².